The highest BCUT2D eigenvalue weighted by Gasteiger charge is 2.32. The monoisotopic (exact) mass is 604 g/mol. The van der Waals surface area contributed by atoms with Crippen molar-refractivity contribution in [1.29, 1.82) is 0 Å². The minimum atomic E-state index is -2.15. The number of nitrogens with one attached hydrogen (secondary N) is 5. The number of nitrogens with two attached hydrogens (primary N) is 2. The van der Waals surface area contributed by atoms with E-state index in [2.05, 4.69) is 26.3 Å². The molecule has 230 valence electrons. The summed E-state index contributed by atoms with van der Waals surface area (Å²) in [7, 11) is -2.15. The second-order valence-corrected chi connectivity index (χ2v) is 10.9. The van der Waals surface area contributed by atoms with Crippen molar-refractivity contribution in [3.8, 4) is 0 Å². The number of carbonyl (C=O) groups excluding carboxylic acids is 5. The van der Waals surface area contributed by atoms with Gasteiger partial charge in [0.15, 0.2) is 5.96 Å². The number of amides is 5. The lowest BCUT2D eigenvalue weighted by Crippen LogP contribution is -2.58. The molecule has 18 nitrogen and oxygen atoms in total. The van der Waals surface area contributed by atoms with Crippen LogP contribution < -0.4 is 38.1 Å². The molecule has 1 fully saturated rings. The Balaban J connectivity index is 3.32. The Kier molecular flexibility index (Phi) is 14.2. The molecule has 0 aromatic heterocycles. The number of carboxylic acids is 2. The molecule has 0 bridgehead atoms. The average molecular weight is 605 g/mol. The summed E-state index contributed by atoms with van der Waals surface area (Å²) in [6.45, 7) is 2.59. The maximum atomic E-state index is 13.1. The van der Waals surface area contributed by atoms with E-state index in [0.29, 0.717) is 0 Å². The number of aliphatic imine (C=N–C) groups is 1. The number of guanidine groups is 1. The third kappa shape index (κ3) is 13.1. The predicted molar refractivity (Wildman–Crippen MR) is 143 cm³/mol. The van der Waals surface area contributed by atoms with E-state index >= 15 is 0 Å². The van der Waals surface area contributed by atoms with Crippen LogP contribution in [0, 0.1) is 5.92 Å². The maximum Gasteiger partial charge on any atom is 0.327 e. The van der Waals surface area contributed by atoms with Gasteiger partial charge in [-0.3, -0.25) is 38.0 Å². The number of nitrogens with zero attached hydrogens (tertiary/aromatic N) is 1. The van der Waals surface area contributed by atoms with Gasteiger partial charge in [0.2, 0.25) is 29.5 Å². The molecule has 1 heterocycles. The first kappa shape index (κ1) is 34.7. The van der Waals surface area contributed by atoms with E-state index in [9.17, 15) is 42.9 Å². The molecule has 0 spiro atoms. The largest absolute Gasteiger partial charge is 0.481 e. The first-order valence-corrected chi connectivity index (χ1v) is 13.9. The van der Waals surface area contributed by atoms with Crippen molar-refractivity contribution in [2.75, 3.05) is 24.6 Å². The Bertz CT molecular complexity index is 1080. The van der Waals surface area contributed by atoms with Crippen molar-refractivity contribution in [1.82, 2.24) is 26.6 Å². The topological polar surface area (TPSA) is 302 Å². The lowest BCUT2D eigenvalue weighted by molar-refractivity contribution is -0.143. The Morgan fingerprint density at radius 2 is 1.61 bits per heavy atom. The molecule has 41 heavy (non-hydrogen) atoms. The molecule has 1 aliphatic rings. The quantitative estimate of drug-likeness (QED) is 0.0715. The second kappa shape index (κ2) is 16.7. The van der Waals surface area contributed by atoms with Crippen molar-refractivity contribution >= 4 is 58.2 Å². The number of carbonyl (C=O) groups is 7. The maximum absolute atomic E-state index is 13.1. The van der Waals surface area contributed by atoms with Gasteiger partial charge in [0.05, 0.1) is 18.7 Å². The van der Waals surface area contributed by atoms with Crippen LogP contribution in [0.4, 0.5) is 0 Å². The number of carboxylic acid groups (broad SMARTS) is 2. The molecule has 0 aromatic carbocycles. The Morgan fingerprint density at radius 1 is 0.951 bits per heavy atom. The van der Waals surface area contributed by atoms with Crippen LogP contribution in [0.3, 0.4) is 0 Å². The molecule has 0 saturated carbocycles. The van der Waals surface area contributed by atoms with Gasteiger partial charge in [0.25, 0.3) is 0 Å². The molecule has 1 unspecified atom stereocenters. The Morgan fingerprint density at radius 3 is 2.17 bits per heavy atom. The molecule has 0 aromatic rings. The van der Waals surface area contributed by atoms with Gasteiger partial charge in [0.1, 0.15) is 29.9 Å². The molecule has 0 radical (unpaired) electrons. The van der Waals surface area contributed by atoms with Gasteiger partial charge < -0.3 is 48.3 Å². The number of hydrogen-bond donors (Lipinski definition) is 9. The summed E-state index contributed by atoms with van der Waals surface area (Å²) in [4.78, 5) is 90.3. The van der Waals surface area contributed by atoms with E-state index in [4.69, 9.17) is 16.6 Å². The van der Waals surface area contributed by atoms with Crippen molar-refractivity contribution in [3.63, 3.8) is 0 Å². The highest BCUT2D eigenvalue weighted by Crippen LogP contribution is 2.06. The zero-order chi connectivity index (χ0) is 31.3. The number of aliphatic carboxylic acids is 2. The third-order valence-electron chi connectivity index (χ3n) is 5.56. The fraction of sp³-hybridized carbons (Fsp3) is 0.636. The van der Waals surface area contributed by atoms with Crippen LogP contribution in [0.5, 0.6) is 0 Å². The van der Waals surface area contributed by atoms with Crippen molar-refractivity contribution in [2.24, 2.45) is 22.4 Å². The summed E-state index contributed by atoms with van der Waals surface area (Å²) in [6, 6.07) is -5.95. The third-order valence-corrected chi connectivity index (χ3v) is 6.85. The van der Waals surface area contributed by atoms with Gasteiger partial charge in [-0.2, -0.15) is 0 Å². The summed E-state index contributed by atoms with van der Waals surface area (Å²) >= 11 is 0. The Labute approximate surface area is 237 Å². The first-order valence-electron chi connectivity index (χ1n) is 12.4. The molecule has 11 N–H and O–H groups in total. The summed E-state index contributed by atoms with van der Waals surface area (Å²) in [5, 5.41) is 29.9. The molecule has 1 saturated heterocycles. The Hall–Kier alpha value is -4.29. The predicted octanol–water partition coefficient (Wildman–Crippen LogP) is -4.93. The van der Waals surface area contributed by atoms with E-state index in [-0.39, 0.29) is 25.3 Å². The van der Waals surface area contributed by atoms with E-state index in [1.54, 1.807) is 13.8 Å². The fourth-order valence-electron chi connectivity index (χ4n) is 3.54. The average Bonchev–Trinajstić information content (AvgIpc) is 2.85. The van der Waals surface area contributed by atoms with Gasteiger partial charge in [-0.15, -0.1) is 0 Å². The van der Waals surface area contributed by atoms with E-state index < -0.39 is 107 Å². The van der Waals surface area contributed by atoms with E-state index in [1.165, 1.54) is 0 Å². The molecule has 19 heteroatoms. The first-order chi connectivity index (χ1) is 19.1. The van der Waals surface area contributed by atoms with Gasteiger partial charge in [0, 0.05) is 17.3 Å². The molecular weight excluding hydrogens is 568 g/mol. The minimum absolute atomic E-state index is 0.0133. The highest BCUT2D eigenvalue weighted by atomic mass is 32.2. The van der Waals surface area contributed by atoms with Crippen molar-refractivity contribution in [2.45, 2.75) is 57.3 Å². The normalized spacial score (nSPS) is 25.3. The number of rotatable bonds is 8. The lowest BCUT2D eigenvalue weighted by Gasteiger charge is -2.26. The van der Waals surface area contributed by atoms with Crippen LogP contribution in [-0.2, 0) is 44.4 Å². The van der Waals surface area contributed by atoms with E-state index in [1.807, 2.05) is 5.32 Å². The molecule has 5 amide bonds. The smallest absolute Gasteiger partial charge is 0.327 e. The van der Waals surface area contributed by atoms with Crippen LogP contribution in [0.1, 0.15) is 33.1 Å². The zero-order valence-corrected chi connectivity index (χ0v) is 23.3. The zero-order valence-electron chi connectivity index (χ0n) is 22.5. The van der Waals surface area contributed by atoms with Crippen LogP contribution >= 0.6 is 0 Å². The van der Waals surface area contributed by atoms with E-state index in [0.717, 1.165) is 0 Å². The summed E-state index contributed by atoms with van der Waals surface area (Å²) in [6.07, 6.45) is -0.700. The SMILES string of the molecule is CC(C)[C@@H]1NC(=O)CS(=O)C[C@@H](C(=O)O)NC(=O)[C@H](CC(=O)O)NC(=O)CNC(=O)[C@H](CCCN=C(N)N)NC1=O. The molecular formula is C22H36N8O10S. The second-order valence-electron chi connectivity index (χ2n) is 9.39. The molecule has 1 rings (SSSR count). The standard InChI is InChI=1S/C22H36N8O10S/c1-10(2)17-20(37)28-11(4-3-5-25-22(23)24)18(35)26-7-14(31)27-12(6-16(33)34)19(36)29-13(21(38)39)8-41(40)9-15(32)30-17/h10-13,17H,3-9H2,1-2H3,(H,26,35)(H,27,31)(H,28,37)(H,29,36)(H,30,32)(H,33,34)(H,38,39)(H4,23,24,25)/t11-,12-,13-,17-,41?/m0/s1. The lowest BCUT2D eigenvalue weighted by atomic mass is 10.0. The van der Waals surface area contributed by atoms with Crippen LogP contribution in [0.25, 0.3) is 0 Å². The van der Waals surface area contributed by atoms with Crippen LogP contribution in [-0.4, -0.2) is 111 Å². The van der Waals surface area contributed by atoms with Gasteiger partial charge >= 0.3 is 11.9 Å². The van der Waals surface area contributed by atoms with Gasteiger partial charge in [-0.1, -0.05) is 13.8 Å². The number of hydrogen-bond acceptors (Lipinski definition) is 9. The van der Waals surface area contributed by atoms with Gasteiger partial charge in [-0.25, -0.2) is 4.79 Å². The van der Waals surface area contributed by atoms with Crippen LogP contribution in [0.15, 0.2) is 4.99 Å². The highest BCUT2D eigenvalue weighted by molar-refractivity contribution is 7.85. The summed E-state index contributed by atoms with van der Waals surface area (Å²) in [5.74, 6) is -9.90. The summed E-state index contributed by atoms with van der Waals surface area (Å²) in [5.41, 5.74) is 10.6. The van der Waals surface area contributed by atoms with Crippen molar-refractivity contribution in [3.05, 3.63) is 0 Å². The molecule has 1 aliphatic heterocycles. The minimum Gasteiger partial charge on any atom is -0.481 e. The van der Waals surface area contributed by atoms with Gasteiger partial charge in [-0.05, 0) is 18.8 Å². The molecule has 5 atom stereocenters. The van der Waals surface area contributed by atoms with Crippen LogP contribution in [0.2, 0.25) is 0 Å². The van der Waals surface area contributed by atoms with Crippen molar-refractivity contribution < 1.29 is 48.0 Å². The molecule has 0 aliphatic carbocycles. The fourth-order valence-corrected chi connectivity index (χ4v) is 4.63. The summed E-state index contributed by atoms with van der Waals surface area (Å²) < 4.78 is 12.6.